The van der Waals surface area contributed by atoms with Crippen LogP contribution in [-0.4, -0.2) is 0 Å². The van der Waals surface area contributed by atoms with Crippen molar-refractivity contribution in [1.82, 2.24) is 0 Å². The molecule has 2 heterocycles. The molecule has 0 aliphatic heterocycles. The van der Waals surface area contributed by atoms with E-state index in [1.54, 1.807) is 0 Å². The van der Waals surface area contributed by atoms with Gasteiger partial charge in [0.1, 0.15) is 0 Å². The van der Waals surface area contributed by atoms with Crippen molar-refractivity contribution in [2.75, 3.05) is 0 Å². The van der Waals surface area contributed by atoms with Crippen LogP contribution >= 0.6 is 22.7 Å². The first-order chi connectivity index (χ1) is 21.8. The minimum absolute atomic E-state index is 1.27. The molecule has 8 aromatic carbocycles. The van der Waals surface area contributed by atoms with Crippen molar-refractivity contribution in [3.05, 3.63) is 146 Å². The molecule has 0 aliphatic rings. The first-order valence-electron chi connectivity index (χ1n) is 15.0. The van der Waals surface area contributed by atoms with Crippen LogP contribution < -0.4 is 0 Å². The average molecular weight is 593 g/mol. The van der Waals surface area contributed by atoms with Crippen molar-refractivity contribution in [3.8, 4) is 22.3 Å². The summed E-state index contributed by atoms with van der Waals surface area (Å²) in [4.78, 5) is 0. The Hall–Kier alpha value is -5.02. The van der Waals surface area contributed by atoms with Gasteiger partial charge in [-0.2, -0.15) is 0 Å². The van der Waals surface area contributed by atoms with E-state index in [9.17, 15) is 0 Å². The SMILES string of the molecule is c1ccc2c(c1)ccc1c3ccc(-c4c5ccccc5c(-c5cccc6c5sc5ccccc56)c5ccccc45)cc3sc21. The van der Waals surface area contributed by atoms with Gasteiger partial charge in [0.2, 0.25) is 0 Å². The molecule has 0 atom stereocenters. The summed E-state index contributed by atoms with van der Waals surface area (Å²) < 4.78 is 5.40. The van der Waals surface area contributed by atoms with Crippen LogP contribution in [0.1, 0.15) is 0 Å². The summed E-state index contributed by atoms with van der Waals surface area (Å²) in [5.74, 6) is 0. The number of thiophene rings is 2. The van der Waals surface area contributed by atoms with Crippen LogP contribution in [0.3, 0.4) is 0 Å². The van der Waals surface area contributed by atoms with Crippen LogP contribution in [0.15, 0.2) is 146 Å². The summed E-state index contributed by atoms with van der Waals surface area (Å²) in [5, 5.41) is 13.2. The highest BCUT2D eigenvalue weighted by molar-refractivity contribution is 7.27. The Labute approximate surface area is 262 Å². The molecule has 0 saturated carbocycles. The van der Waals surface area contributed by atoms with E-state index in [2.05, 4.69) is 146 Å². The zero-order valence-electron chi connectivity index (χ0n) is 23.7. The summed E-state index contributed by atoms with van der Waals surface area (Å²) in [6, 6.07) is 54.0. The number of benzene rings is 8. The van der Waals surface area contributed by atoms with E-state index in [1.807, 2.05) is 22.7 Å². The third kappa shape index (κ3) is 3.38. The molecule has 0 spiro atoms. The van der Waals surface area contributed by atoms with Gasteiger partial charge in [-0.25, -0.2) is 0 Å². The second kappa shape index (κ2) is 9.24. The molecule has 10 rings (SSSR count). The van der Waals surface area contributed by atoms with Gasteiger partial charge < -0.3 is 0 Å². The molecular weight excluding hydrogens is 569 g/mol. The van der Waals surface area contributed by atoms with Crippen LogP contribution in [0, 0.1) is 0 Å². The van der Waals surface area contributed by atoms with E-state index in [0.717, 1.165) is 0 Å². The summed E-state index contributed by atoms with van der Waals surface area (Å²) in [6.07, 6.45) is 0. The third-order valence-corrected chi connectivity index (χ3v) is 11.7. The van der Waals surface area contributed by atoms with E-state index >= 15 is 0 Å². The minimum atomic E-state index is 1.27. The molecule has 2 heteroatoms. The molecule has 0 unspecified atom stereocenters. The molecule has 204 valence electrons. The lowest BCUT2D eigenvalue weighted by Gasteiger charge is -2.18. The maximum absolute atomic E-state index is 2.43. The number of rotatable bonds is 2. The smallest absolute Gasteiger partial charge is 0.0434 e. The second-order valence-electron chi connectivity index (χ2n) is 11.6. The monoisotopic (exact) mass is 592 g/mol. The normalized spacial score (nSPS) is 12.1. The van der Waals surface area contributed by atoms with Gasteiger partial charge in [0.15, 0.2) is 0 Å². The third-order valence-electron chi connectivity index (χ3n) is 9.26. The molecule has 44 heavy (non-hydrogen) atoms. The Morgan fingerprint density at radius 1 is 0.318 bits per heavy atom. The van der Waals surface area contributed by atoms with Crippen LogP contribution in [0.25, 0.3) is 94.9 Å². The fourth-order valence-electron chi connectivity index (χ4n) is 7.33. The molecule has 0 saturated heterocycles. The topological polar surface area (TPSA) is 0 Å². The van der Waals surface area contributed by atoms with Crippen molar-refractivity contribution in [1.29, 1.82) is 0 Å². The van der Waals surface area contributed by atoms with Crippen molar-refractivity contribution in [3.63, 3.8) is 0 Å². The zero-order valence-corrected chi connectivity index (χ0v) is 25.3. The number of fused-ring (bicyclic) bond motifs is 10. The van der Waals surface area contributed by atoms with Crippen LogP contribution in [-0.2, 0) is 0 Å². The first-order valence-corrected chi connectivity index (χ1v) is 16.7. The zero-order chi connectivity index (χ0) is 28.8. The molecule has 0 nitrogen and oxygen atoms in total. The lowest BCUT2D eigenvalue weighted by Crippen LogP contribution is -1.90. The Kier molecular flexibility index (Phi) is 5.13. The average Bonchev–Trinajstić information content (AvgIpc) is 3.65. The quantitative estimate of drug-likeness (QED) is 0.175. The van der Waals surface area contributed by atoms with Crippen LogP contribution in [0.5, 0.6) is 0 Å². The summed E-state index contributed by atoms with van der Waals surface area (Å²) in [6.45, 7) is 0. The van der Waals surface area contributed by atoms with Gasteiger partial charge in [-0.1, -0.05) is 133 Å². The van der Waals surface area contributed by atoms with Crippen molar-refractivity contribution in [2.45, 2.75) is 0 Å². The highest BCUT2D eigenvalue weighted by Gasteiger charge is 2.20. The Morgan fingerprint density at radius 3 is 1.64 bits per heavy atom. The minimum Gasteiger partial charge on any atom is -0.135 e. The van der Waals surface area contributed by atoms with Crippen LogP contribution in [0.4, 0.5) is 0 Å². The lowest BCUT2D eigenvalue weighted by molar-refractivity contribution is 1.71. The maximum Gasteiger partial charge on any atom is 0.0434 e. The largest absolute Gasteiger partial charge is 0.135 e. The molecule has 2 aromatic heterocycles. The van der Waals surface area contributed by atoms with Crippen LogP contribution in [0.2, 0.25) is 0 Å². The standard InChI is InChI=1S/C42H24S2/c1-2-11-27-25(10-1)20-23-35-29-22-21-26(24-38(29)44-41(27)35)39-30-13-3-5-15-32(30)40(33-16-6-4-14-31(33)39)36-18-9-17-34-28-12-7-8-19-37(28)43-42(34)36/h1-24H. The molecule has 0 radical (unpaired) electrons. The highest BCUT2D eigenvalue weighted by Crippen LogP contribution is 2.48. The van der Waals surface area contributed by atoms with E-state index in [0.29, 0.717) is 0 Å². The molecule has 0 aliphatic carbocycles. The predicted molar refractivity (Wildman–Crippen MR) is 196 cm³/mol. The second-order valence-corrected chi connectivity index (χ2v) is 13.7. The Bertz CT molecular complexity index is 2720. The number of hydrogen-bond acceptors (Lipinski definition) is 2. The Morgan fingerprint density at radius 2 is 0.864 bits per heavy atom. The van der Waals surface area contributed by atoms with Gasteiger partial charge in [0, 0.05) is 45.9 Å². The summed E-state index contributed by atoms with van der Waals surface area (Å²) in [7, 11) is 0. The van der Waals surface area contributed by atoms with E-state index in [4.69, 9.17) is 0 Å². The fourth-order valence-corrected chi connectivity index (χ4v) is 9.83. The van der Waals surface area contributed by atoms with E-state index in [-0.39, 0.29) is 0 Å². The van der Waals surface area contributed by atoms with Gasteiger partial charge >= 0.3 is 0 Å². The molecule has 0 N–H and O–H groups in total. The molecule has 0 fully saturated rings. The molecular formula is C42H24S2. The van der Waals surface area contributed by atoms with Crippen molar-refractivity contribution < 1.29 is 0 Å². The fraction of sp³-hybridized carbons (Fsp3) is 0. The van der Waals surface area contributed by atoms with Crippen molar-refractivity contribution in [2.24, 2.45) is 0 Å². The summed E-state index contributed by atoms with van der Waals surface area (Å²) in [5.41, 5.74) is 5.22. The predicted octanol–water partition coefficient (Wildman–Crippen LogP) is 13.2. The van der Waals surface area contributed by atoms with Crippen molar-refractivity contribution >= 4 is 95.3 Å². The molecule has 0 bridgehead atoms. The number of hydrogen-bond donors (Lipinski definition) is 0. The van der Waals surface area contributed by atoms with Gasteiger partial charge in [-0.15, -0.1) is 22.7 Å². The lowest BCUT2D eigenvalue weighted by atomic mass is 9.85. The maximum atomic E-state index is 2.43. The van der Waals surface area contributed by atoms with Gasteiger partial charge in [-0.05, 0) is 61.1 Å². The summed E-state index contributed by atoms with van der Waals surface area (Å²) >= 11 is 3.82. The van der Waals surface area contributed by atoms with Gasteiger partial charge in [0.25, 0.3) is 0 Å². The van der Waals surface area contributed by atoms with Gasteiger partial charge in [-0.3, -0.25) is 0 Å². The molecule has 10 aromatic rings. The Balaban J connectivity index is 1.29. The van der Waals surface area contributed by atoms with E-state index in [1.165, 1.54) is 94.9 Å². The molecule has 0 amide bonds. The van der Waals surface area contributed by atoms with Gasteiger partial charge in [0.05, 0.1) is 0 Å². The first kappa shape index (κ1) is 24.4. The highest BCUT2D eigenvalue weighted by atomic mass is 32.1. The van der Waals surface area contributed by atoms with E-state index < -0.39 is 0 Å².